The molecule has 78 valence electrons. The van der Waals surface area contributed by atoms with Crippen molar-refractivity contribution in [3.63, 3.8) is 0 Å². The van der Waals surface area contributed by atoms with Gasteiger partial charge in [0, 0.05) is 16.6 Å². The number of benzene rings is 1. The standard InChI is InChI=1S/C13H8ClNS/c14-10-1-2-12-11(9-4-6-16-8-9)3-5-15-13(12)7-10/h1-8H. The minimum absolute atomic E-state index is 0.725. The van der Waals surface area contributed by atoms with Gasteiger partial charge < -0.3 is 0 Å². The Morgan fingerprint density at radius 3 is 2.88 bits per heavy atom. The lowest BCUT2D eigenvalue weighted by molar-refractivity contribution is 1.41. The summed E-state index contributed by atoms with van der Waals surface area (Å²) in [5, 5.41) is 6.09. The molecule has 3 rings (SSSR count). The number of fused-ring (bicyclic) bond motifs is 1. The van der Waals surface area contributed by atoms with Crippen LogP contribution in [0, 0.1) is 0 Å². The fraction of sp³-hybridized carbons (Fsp3) is 0. The van der Waals surface area contributed by atoms with Gasteiger partial charge in [-0.2, -0.15) is 11.3 Å². The second kappa shape index (κ2) is 3.89. The van der Waals surface area contributed by atoms with Gasteiger partial charge in [-0.25, -0.2) is 0 Å². The Labute approximate surface area is 102 Å². The Kier molecular flexibility index (Phi) is 2.39. The third-order valence-electron chi connectivity index (χ3n) is 2.54. The fourth-order valence-corrected chi connectivity index (χ4v) is 2.61. The van der Waals surface area contributed by atoms with Crippen LogP contribution in [-0.2, 0) is 0 Å². The largest absolute Gasteiger partial charge is 0.256 e. The van der Waals surface area contributed by atoms with Crippen LogP contribution in [0.1, 0.15) is 0 Å². The molecule has 0 atom stereocenters. The van der Waals surface area contributed by atoms with Crippen molar-refractivity contribution in [1.82, 2.24) is 4.98 Å². The fourth-order valence-electron chi connectivity index (χ4n) is 1.79. The minimum Gasteiger partial charge on any atom is -0.256 e. The molecule has 1 aromatic carbocycles. The summed E-state index contributed by atoms with van der Waals surface area (Å²) in [5.74, 6) is 0. The first kappa shape index (κ1) is 9.82. The molecule has 0 aliphatic rings. The molecular weight excluding hydrogens is 238 g/mol. The number of nitrogens with zero attached hydrogens (tertiary/aromatic N) is 1. The quantitative estimate of drug-likeness (QED) is 0.610. The average Bonchev–Trinajstić information content (AvgIpc) is 2.81. The Hall–Kier alpha value is -1.38. The zero-order chi connectivity index (χ0) is 11.0. The molecule has 3 aromatic rings. The van der Waals surface area contributed by atoms with Gasteiger partial charge in [-0.1, -0.05) is 17.7 Å². The van der Waals surface area contributed by atoms with E-state index in [4.69, 9.17) is 11.6 Å². The maximum atomic E-state index is 5.96. The van der Waals surface area contributed by atoms with Gasteiger partial charge >= 0.3 is 0 Å². The van der Waals surface area contributed by atoms with Crippen molar-refractivity contribution in [3.8, 4) is 11.1 Å². The van der Waals surface area contributed by atoms with Crippen LogP contribution in [0.4, 0.5) is 0 Å². The van der Waals surface area contributed by atoms with Crippen LogP contribution in [0.25, 0.3) is 22.0 Å². The maximum absolute atomic E-state index is 5.96. The van der Waals surface area contributed by atoms with E-state index in [1.165, 1.54) is 11.1 Å². The lowest BCUT2D eigenvalue weighted by Gasteiger charge is -2.04. The molecule has 0 saturated heterocycles. The maximum Gasteiger partial charge on any atom is 0.0723 e. The van der Waals surface area contributed by atoms with E-state index < -0.39 is 0 Å². The molecule has 0 aliphatic heterocycles. The third-order valence-corrected chi connectivity index (χ3v) is 3.46. The molecule has 0 spiro atoms. The molecule has 3 heteroatoms. The number of pyridine rings is 1. The van der Waals surface area contributed by atoms with Gasteiger partial charge in [-0.05, 0) is 46.2 Å². The van der Waals surface area contributed by atoms with E-state index in [0.29, 0.717) is 0 Å². The molecule has 0 fully saturated rings. The number of hydrogen-bond donors (Lipinski definition) is 0. The van der Waals surface area contributed by atoms with Gasteiger partial charge in [-0.15, -0.1) is 0 Å². The Morgan fingerprint density at radius 1 is 1.12 bits per heavy atom. The van der Waals surface area contributed by atoms with E-state index in [2.05, 4.69) is 21.8 Å². The van der Waals surface area contributed by atoms with Gasteiger partial charge in [0.2, 0.25) is 0 Å². The summed E-state index contributed by atoms with van der Waals surface area (Å²) in [4.78, 5) is 4.33. The first-order valence-corrected chi connectivity index (χ1v) is 6.23. The Balaban J connectivity index is 2.34. The van der Waals surface area contributed by atoms with Crippen molar-refractivity contribution in [2.75, 3.05) is 0 Å². The van der Waals surface area contributed by atoms with E-state index in [-0.39, 0.29) is 0 Å². The predicted molar refractivity (Wildman–Crippen MR) is 70.1 cm³/mol. The van der Waals surface area contributed by atoms with Crippen LogP contribution in [0.3, 0.4) is 0 Å². The SMILES string of the molecule is Clc1ccc2c(-c3ccsc3)ccnc2c1. The molecular formula is C13H8ClNS. The first-order valence-electron chi connectivity index (χ1n) is 4.91. The van der Waals surface area contributed by atoms with E-state index in [0.717, 1.165) is 15.9 Å². The Bertz CT molecular complexity index is 631. The molecule has 0 radical (unpaired) electrons. The van der Waals surface area contributed by atoms with E-state index in [9.17, 15) is 0 Å². The second-order valence-electron chi connectivity index (χ2n) is 3.53. The molecule has 0 unspecified atom stereocenters. The molecule has 2 heterocycles. The second-order valence-corrected chi connectivity index (χ2v) is 4.75. The highest BCUT2D eigenvalue weighted by molar-refractivity contribution is 7.08. The minimum atomic E-state index is 0.725. The molecule has 0 N–H and O–H groups in total. The third kappa shape index (κ3) is 1.60. The van der Waals surface area contributed by atoms with Gasteiger partial charge in [0.1, 0.15) is 0 Å². The molecule has 1 nitrogen and oxygen atoms in total. The molecule has 0 bridgehead atoms. The van der Waals surface area contributed by atoms with Crippen molar-refractivity contribution < 1.29 is 0 Å². The number of halogens is 1. The van der Waals surface area contributed by atoms with Crippen molar-refractivity contribution in [2.45, 2.75) is 0 Å². The van der Waals surface area contributed by atoms with Gasteiger partial charge in [-0.3, -0.25) is 4.98 Å². The zero-order valence-electron chi connectivity index (χ0n) is 8.35. The summed E-state index contributed by atoms with van der Waals surface area (Å²) in [6.45, 7) is 0. The van der Waals surface area contributed by atoms with Crippen LogP contribution in [0.2, 0.25) is 5.02 Å². The van der Waals surface area contributed by atoms with Gasteiger partial charge in [0.15, 0.2) is 0 Å². The summed E-state index contributed by atoms with van der Waals surface area (Å²) < 4.78 is 0. The lowest BCUT2D eigenvalue weighted by Crippen LogP contribution is -1.82. The van der Waals surface area contributed by atoms with Crippen LogP contribution < -0.4 is 0 Å². The van der Waals surface area contributed by atoms with Crippen molar-refractivity contribution in [3.05, 3.63) is 52.3 Å². The molecule has 0 amide bonds. The molecule has 2 aromatic heterocycles. The van der Waals surface area contributed by atoms with Crippen LogP contribution in [0.5, 0.6) is 0 Å². The number of hydrogen-bond acceptors (Lipinski definition) is 2. The smallest absolute Gasteiger partial charge is 0.0723 e. The Morgan fingerprint density at radius 2 is 2.06 bits per heavy atom. The molecule has 0 aliphatic carbocycles. The number of thiophene rings is 1. The van der Waals surface area contributed by atoms with Crippen LogP contribution in [-0.4, -0.2) is 4.98 Å². The highest BCUT2D eigenvalue weighted by Crippen LogP contribution is 2.30. The highest BCUT2D eigenvalue weighted by atomic mass is 35.5. The summed E-state index contributed by atoms with van der Waals surface area (Å²) in [5.41, 5.74) is 3.39. The average molecular weight is 246 g/mol. The lowest BCUT2D eigenvalue weighted by atomic mass is 10.0. The normalized spacial score (nSPS) is 10.8. The highest BCUT2D eigenvalue weighted by Gasteiger charge is 2.04. The first-order chi connectivity index (χ1) is 7.84. The van der Waals surface area contributed by atoms with Crippen molar-refractivity contribution >= 4 is 33.8 Å². The summed E-state index contributed by atoms with van der Waals surface area (Å²) in [6.07, 6.45) is 1.83. The molecule has 0 saturated carbocycles. The number of rotatable bonds is 1. The topological polar surface area (TPSA) is 12.9 Å². The van der Waals surface area contributed by atoms with Crippen LogP contribution >= 0.6 is 22.9 Å². The summed E-state index contributed by atoms with van der Waals surface area (Å²) >= 11 is 7.66. The summed E-state index contributed by atoms with van der Waals surface area (Å²) in [6, 6.07) is 9.98. The number of aromatic nitrogens is 1. The van der Waals surface area contributed by atoms with E-state index in [1.54, 1.807) is 11.3 Å². The van der Waals surface area contributed by atoms with Crippen molar-refractivity contribution in [1.29, 1.82) is 0 Å². The summed E-state index contributed by atoms with van der Waals surface area (Å²) in [7, 11) is 0. The van der Waals surface area contributed by atoms with Crippen LogP contribution in [0.15, 0.2) is 47.3 Å². The molecule has 16 heavy (non-hydrogen) atoms. The predicted octanol–water partition coefficient (Wildman–Crippen LogP) is 4.62. The zero-order valence-corrected chi connectivity index (χ0v) is 9.92. The van der Waals surface area contributed by atoms with E-state index >= 15 is 0 Å². The monoisotopic (exact) mass is 245 g/mol. The van der Waals surface area contributed by atoms with Crippen molar-refractivity contribution in [2.24, 2.45) is 0 Å². The van der Waals surface area contributed by atoms with E-state index in [1.807, 2.05) is 30.5 Å². The van der Waals surface area contributed by atoms with Gasteiger partial charge in [0.25, 0.3) is 0 Å². The van der Waals surface area contributed by atoms with Gasteiger partial charge in [0.05, 0.1) is 5.52 Å².